The van der Waals surface area contributed by atoms with Gasteiger partial charge >= 0.3 is 0 Å². The molecule has 0 atom stereocenters. The average molecular weight is 371 g/mol. The topological polar surface area (TPSA) is 85.1 Å². The molecule has 8 heteroatoms. The fraction of sp³-hybridized carbons (Fsp3) is 0.0769. The average Bonchev–Trinajstić information content (AvgIpc) is 2.41. The van der Waals surface area contributed by atoms with E-state index in [1.165, 1.54) is 24.5 Å². The molecule has 1 aromatic heterocycles. The lowest BCUT2D eigenvalue weighted by Gasteiger charge is -2.09. The molecule has 2 rings (SSSR count). The minimum absolute atomic E-state index is 0.0747. The summed E-state index contributed by atoms with van der Waals surface area (Å²) in [6.07, 6.45) is 2.79. The number of carbonyl (C=O) groups is 1. The van der Waals surface area contributed by atoms with Gasteiger partial charge in [0.15, 0.2) is 0 Å². The standard InChI is InChI=1S/C13H9BrClN3O3/c1-7-4-9(14)11(5-12(7)18(20)21)17-13(19)8-2-3-16-6-10(8)15/h2-6H,1H3,(H,17,19). The monoisotopic (exact) mass is 369 g/mol. The van der Waals surface area contributed by atoms with Gasteiger partial charge in [0, 0.05) is 28.5 Å². The second-order valence-electron chi connectivity index (χ2n) is 4.19. The maximum absolute atomic E-state index is 12.1. The second kappa shape index (κ2) is 6.19. The van der Waals surface area contributed by atoms with Crippen LogP contribution in [0.2, 0.25) is 5.02 Å². The number of nitro benzene ring substituents is 1. The van der Waals surface area contributed by atoms with Crippen LogP contribution in [0.25, 0.3) is 0 Å². The molecule has 108 valence electrons. The lowest BCUT2D eigenvalue weighted by atomic mass is 10.1. The highest BCUT2D eigenvalue weighted by molar-refractivity contribution is 9.10. The van der Waals surface area contributed by atoms with Crippen molar-refractivity contribution in [2.45, 2.75) is 6.92 Å². The van der Waals surface area contributed by atoms with E-state index in [1.54, 1.807) is 13.0 Å². The Labute approximate surface area is 133 Å². The summed E-state index contributed by atoms with van der Waals surface area (Å²) in [4.78, 5) is 26.4. The number of aryl methyl sites for hydroxylation is 1. The van der Waals surface area contributed by atoms with E-state index < -0.39 is 10.8 Å². The Morgan fingerprint density at radius 2 is 2.19 bits per heavy atom. The molecule has 1 aromatic carbocycles. The Balaban J connectivity index is 2.36. The van der Waals surface area contributed by atoms with Gasteiger partial charge in [-0.15, -0.1) is 0 Å². The number of nitrogens with one attached hydrogen (secondary N) is 1. The fourth-order valence-corrected chi connectivity index (χ4v) is 2.46. The number of amides is 1. The van der Waals surface area contributed by atoms with Crippen LogP contribution in [0.3, 0.4) is 0 Å². The zero-order chi connectivity index (χ0) is 15.6. The normalized spacial score (nSPS) is 10.2. The SMILES string of the molecule is Cc1cc(Br)c(NC(=O)c2ccncc2Cl)cc1[N+](=O)[O-]. The van der Waals surface area contributed by atoms with Gasteiger partial charge in [-0.05, 0) is 35.0 Å². The van der Waals surface area contributed by atoms with Crippen LogP contribution in [0.15, 0.2) is 35.1 Å². The fourth-order valence-electron chi connectivity index (χ4n) is 1.70. The van der Waals surface area contributed by atoms with Gasteiger partial charge in [0.25, 0.3) is 11.6 Å². The van der Waals surface area contributed by atoms with Gasteiger partial charge in [0.2, 0.25) is 0 Å². The number of hydrogen-bond donors (Lipinski definition) is 1. The minimum atomic E-state index is -0.503. The molecule has 0 fully saturated rings. The van der Waals surface area contributed by atoms with Crippen LogP contribution in [-0.4, -0.2) is 15.8 Å². The van der Waals surface area contributed by atoms with Crippen molar-refractivity contribution < 1.29 is 9.72 Å². The molecule has 21 heavy (non-hydrogen) atoms. The summed E-state index contributed by atoms with van der Waals surface area (Å²) in [6, 6.07) is 4.34. The first-order valence-electron chi connectivity index (χ1n) is 5.75. The lowest BCUT2D eigenvalue weighted by molar-refractivity contribution is -0.385. The van der Waals surface area contributed by atoms with Crippen molar-refractivity contribution in [2.24, 2.45) is 0 Å². The number of hydrogen-bond acceptors (Lipinski definition) is 4. The second-order valence-corrected chi connectivity index (χ2v) is 5.45. The Morgan fingerprint density at radius 3 is 2.81 bits per heavy atom. The molecule has 0 spiro atoms. The zero-order valence-electron chi connectivity index (χ0n) is 10.8. The first-order valence-corrected chi connectivity index (χ1v) is 6.92. The summed E-state index contributed by atoms with van der Waals surface area (Å²) in [5, 5.41) is 13.7. The van der Waals surface area contributed by atoms with E-state index in [2.05, 4.69) is 26.2 Å². The maximum Gasteiger partial charge on any atom is 0.274 e. The third-order valence-electron chi connectivity index (χ3n) is 2.75. The third kappa shape index (κ3) is 3.37. The van der Waals surface area contributed by atoms with Gasteiger partial charge in [0.1, 0.15) is 0 Å². The Hall–Kier alpha value is -1.99. The Morgan fingerprint density at radius 1 is 1.48 bits per heavy atom. The van der Waals surface area contributed by atoms with E-state index in [0.717, 1.165) is 0 Å². The summed E-state index contributed by atoms with van der Waals surface area (Å²) in [6.45, 7) is 1.62. The predicted octanol–water partition coefficient (Wildman–Crippen LogP) is 3.97. The highest BCUT2D eigenvalue weighted by Gasteiger charge is 2.17. The van der Waals surface area contributed by atoms with Gasteiger partial charge in [-0.1, -0.05) is 11.6 Å². The van der Waals surface area contributed by atoms with Gasteiger partial charge < -0.3 is 5.32 Å². The van der Waals surface area contributed by atoms with Crippen LogP contribution in [0.4, 0.5) is 11.4 Å². The number of nitrogens with zero attached hydrogens (tertiary/aromatic N) is 2. The Kier molecular flexibility index (Phi) is 4.54. The molecule has 0 saturated heterocycles. The van der Waals surface area contributed by atoms with E-state index in [1.807, 2.05) is 0 Å². The van der Waals surface area contributed by atoms with E-state index in [4.69, 9.17) is 11.6 Å². The van der Waals surface area contributed by atoms with Gasteiger partial charge in [-0.2, -0.15) is 0 Å². The third-order valence-corrected chi connectivity index (χ3v) is 3.70. The van der Waals surface area contributed by atoms with Crippen molar-refractivity contribution in [3.8, 4) is 0 Å². The number of aromatic nitrogens is 1. The number of anilines is 1. The molecule has 1 N–H and O–H groups in total. The van der Waals surface area contributed by atoms with Gasteiger partial charge in [-0.25, -0.2) is 0 Å². The van der Waals surface area contributed by atoms with Crippen LogP contribution in [-0.2, 0) is 0 Å². The first kappa shape index (κ1) is 15.4. The number of benzene rings is 1. The molecular weight excluding hydrogens is 362 g/mol. The predicted molar refractivity (Wildman–Crippen MR) is 82.7 cm³/mol. The van der Waals surface area contributed by atoms with Crippen molar-refractivity contribution in [2.75, 3.05) is 5.32 Å². The lowest BCUT2D eigenvalue weighted by Crippen LogP contribution is -2.13. The molecule has 1 heterocycles. The van der Waals surface area contributed by atoms with Crippen LogP contribution in [0.1, 0.15) is 15.9 Å². The number of carbonyl (C=O) groups excluding carboxylic acids is 1. The van der Waals surface area contributed by atoms with Crippen molar-refractivity contribution >= 4 is 44.8 Å². The summed E-state index contributed by atoms with van der Waals surface area (Å²) >= 11 is 9.16. The molecule has 0 bridgehead atoms. The number of rotatable bonds is 3. The number of pyridine rings is 1. The summed E-state index contributed by atoms with van der Waals surface area (Å²) in [7, 11) is 0. The highest BCUT2D eigenvalue weighted by atomic mass is 79.9. The van der Waals surface area contributed by atoms with Gasteiger partial charge in [-0.3, -0.25) is 19.9 Å². The molecule has 1 amide bonds. The first-order chi connectivity index (χ1) is 9.90. The number of nitro groups is 1. The van der Waals surface area contributed by atoms with E-state index >= 15 is 0 Å². The van der Waals surface area contributed by atoms with Crippen LogP contribution < -0.4 is 5.32 Å². The smallest absolute Gasteiger partial charge is 0.274 e. The molecule has 6 nitrogen and oxygen atoms in total. The number of halogens is 2. The molecule has 0 saturated carbocycles. The zero-order valence-corrected chi connectivity index (χ0v) is 13.1. The van der Waals surface area contributed by atoms with Crippen LogP contribution in [0, 0.1) is 17.0 Å². The molecular formula is C13H9BrClN3O3. The highest BCUT2D eigenvalue weighted by Crippen LogP contribution is 2.31. The largest absolute Gasteiger partial charge is 0.321 e. The molecule has 0 aliphatic carbocycles. The van der Waals surface area contributed by atoms with E-state index in [-0.39, 0.29) is 16.3 Å². The molecule has 0 aliphatic rings. The minimum Gasteiger partial charge on any atom is -0.321 e. The quantitative estimate of drug-likeness (QED) is 0.654. The molecule has 0 radical (unpaired) electrons. The maximum atomic E-state index is 12.1. The van der Waals surface area contributed by atoms with Crippen LogP contribution in [0.5, 0.6) is 0 Å². The van der Waals surface area contributed by atoms with E-state index in [9.17, 15) is 14.9 Å². The van der Waals surface area contributed by atoms with Crippen molar-refractivity contribution in [1.82, 2.24) is 4.98 Å². The Bertz CT molecular complexity index is 737. The van der Waals surface area contributed by atoms with Crippen molar-refractivity contribution in [1.29, 1.82) is 0 Å². The molecule has 2 aromatic rings. The molecule has 0 aliphatic heterocycles. The van der Waals surface area contributed by atoms with Crippen LogP contribution >= 0.6 is 27.5 Å². The van der Waals surface area contributed by atoms with Gasteiger partial charge in [0.05, 0.1) is 21.2 Å². The summed E-state index contributed by atoms with van der Waals surface area (Å²) < 4.78 is 0.545. The van der Waals surface area contributed by atoms with Crippen molar-refractivity contribution in [3.05, 3.63) is 61.3 Å². The summed E-state index contributed by atoms with van der Waals surface area (Å²) in [5.41, 5.74) is 0.952. The van der Waals surface area contributed by atoms with E-state index in [0.29, 0.717) is 15.7 Å². The summed E-state index contributed by atoms with van der Waals surface area (Å²) in [5.74, 6) is -0.471. The molecule has 0 unspecified atom stereocenters. The van der Waals surface area contributed by atoms with Crippen molar-refractivity contribution in [3.63, 3.8) is 0 Å².